The molecule has 1 aliphatic rings. The Kier molecular flexibility index (Phi) is 5.80. The first kappa shape index (κ1) is 18.8. The van der Waals surface area contributed by atoms with E-state index in [4.69, 9.17) is 4.42 Å². The van der Waals surface area contributed by atoms with Gasteiger partial charge in [0.25, 0.3) is 5.91 Å². The molecular formula is C20H22N4O3S. The Morgan fingerprint density at radius 3 is 2.82 bits per heavy atom. The highest BCUT2D eigenvalue weighted by Crippen LogP contribution is 2.26. The Balaban J connectivity index is 1.44. The molecule has 8 heteroatoms. The van der Waals surface area contributed by atoms with Crippen molar-refractivity contribution in [2.75, 3.05) is 24.5 Å². The van der Waals surface area contributed by atoms with Gasteiger partial charge in [0.05, 0.1) is 12.5 Å². The van der Waals surface area contributed by atoms with Crippen molar-refractivity contribution in [3.8, 4) is 0 Å². The minimum absolute atomic E-state index is 0.00410. The van der Waals surface area contributed by atoms with Gasteiger partial charge in [-0.1, -0.05) is 6.07 Å². The van der Waals surface area contributed by atoms with Crippen LogP contribution in [0.5, 0.6) is 0 Å². The number of nitrogens with zero attached hydrogens (tertiary/aromatic N) is 4. The van der Waals surface area contributed by atoms with Gasteiger partial charge in [0, 0.05) is 42.9 Å². The van der Waals surface area contributed by atoms with Crippen LogP contribution in [0.3, 0.4) is 0 Å². The van der Waals surface area contributed by atoms with Gasteiger partial charge < -0.3 is 14.4 Å². The number of aromatic nitrogens is 2. The molecule has 1 unspecified atom stereocenters. The molecule has 0 radical (unpaired) electrons. The van der Waals surface area contributed by atoms with Crippen molar-refractivity contribution in [3.05, 3.63) is 65.1 Å². The van der Waals surface area contributed by atoms with E-state index in [0.29, 0.717) is 18.1 Å². The molecule has 28 heavy (non-hydrogen) atoms. The van der Waals surface area contributed by atoms with E-state index in [1.165, 1.54) is 6.26 Å². The fourth-order valence-electron chi connectivity index (χ4n) is 3.57. The summed E-state index contributed by atoms with van der Waals surface area (Å²) in [6, 6.07) is 7.29. The maximum absolute atomic E-state index is 13.0. The summed E-state index contributed by atoms with van der Waals surface area (Å²) in [6.45, 7) is 2.20. The molecule has 1 fully saturated rings. The van der Waals surface area contributed by atoms with Crippen molar-refractivity contribution in [1.82, 2.24) is 14.9 Å². The number of carbonyl (C=O) groups excluding carboxylic acids is 1. The molecule has 1 saturated heterocycles. The number of anilines is 1. The zero-order valence-electron chi connectivity index (χ0n) is 15.3. The molecule has 0 spiro atoms. The summed E-state index contributed by atoms with van der Waals surface area (Å²) in [6.07, 6.45) is 7.39. The number of aliphatic hydroxyl groups excluding tert-OH is 1. The number of thiophene rings is 1. The maximum Gasteiger partial charge on any atom is 0.295 e. The first-order valence-corrected chi connectivity index (χ1v) is 10.2. The second-order valence-corrected chi connectivity index (χ2v) is 7.76. The summed E-state index contributed by atoms with van der Waals surface area (Å²) >= 11 is 1.57. The van der Waals surface area contributed by atoms with E-state index >= 15 is 0 Å². The van der Waals surface area contributed by atoms with Crippen LogP contribution in [0, 0.1) is 0 Å². The van der Waals surface area contributed by atoms with E-state index in [0.717, 1.165) is 30.8 Å². The number of aliphatic hydroxyl groups is 1. The molecule has 3 aromatic rings. The topological polar surface area (TPSA) is 82.7 Å². The van der Waals surface area contributed by atoms with E-state index in [1.54, 1.807) is 47.0 Å². The first-order valence-electron chi connectivity index (χ1n) is 9.29. The fraction of sp³-hybridized carbons (Fsp3) is 0.350. The van der Waals surface area contributed by atoms with Gasteiger partial charge in [-0.05, 0) is 36.4 Å². The number of furan rings is 1. The Hall–Kier alpha value is -2.55. The van der Waals surface area contributed by atoms with E-state index in [1.807, 2.05) is 17.5 Å². The number of rotatable bonds is 6. The van der Waals surface area contributed by atoms with Crippen LogP contribution < -0.4 is 4.90 Å². The SMILES string of the molecule is O=C(c1ccco1)N(c1cnccn1)C1CCN(CC(O)c2cccs2)CC1. The van der Waals surface area contributed by atoms with Crippen molar-refractivity contribution in [1.29, 1.82) is 0 Å². The molecule has 0 aromatic carbocycles. The highest BCUT2D eigenvalue weighted by Gasteiger charge is 2.32. The highest BCUT2D eigenvalue weighted by atomic mass is 32.1. The molecular weight excluding hydrogens is 376 g/mol. The van der Waals surface area contributed by atoms with Crippen LogP contribution in [0.2, 0.25) is 0 Å². The number of carbonyl (C=O) groups is 1. The molecule has 0 aliphatic carbocycles. The molecule has 4 rings (SSSR count). The summed E-state index contributed by atoms with van der Waals surface area (Å²) in [5, 5.41) is 12.4. The van der Waals surface area contributed by atoms with E-state index in [-0.39, 0.29) is 11.9 Å². The Bertz CT molecular complexity index is 862. The van der Waals surface area contributed by atoms with Crippen molar-refractivity contribution < 1.29 is 14.3 Å². The number of hydrogen-bond acceptors (Lipinski definition) is 7. The van der Waals surface area contributed by atoms with Gasteiger partial charge in [-0.2, -0.15) is 0 Å². The maximum atomic E-state index is 13.0. The normalized spacial score (nSPS) is 16.8. The Labute approximate surface area is 167 Å². The third kappa shape index (κ3) is 4.14. The standard InChI is InChI=1S/C20H22N4O3S/c25-16(18-4-2-12-28-18)14-23-9-5-15(6-10-23)24(19-13-21-7-8-22-19)20(26)17-3-1-11-27-17/h1-4,7-8,11-13,15-16,25H,5-6,9-10,14H2. The molecule has 7 nitrogen and oxygen atoms in total. The summed E-state index contributed by atoms with van der Waals surface area (Å²) in [7, 11) is 0. The summed E-state index contributed by atoms with van der Waals surface area (Å²) < 4.78 is 5.32. The summed E-state index contributed by atoms with van der Waals surface area (Å²) in [5.41, 5.74) is 0. The van der Waals surface area contributed by atoms with Gasteiger partial charge in [0.1, 0.15) is 6.10 Å². The van der Waals surface area contributed by atoms with Crippen LogP contribution in [0.1, 0.15) is 34.4 Å². The third-order valence-corrected chi connectivity index (χ3v) is 5.95. The van der Waals surface area contributed by atoms with E-state index < -0.39 is 6.10 Å². The van der Waals surface area contributed by atoms with Gasteiger partial charge in [-0.3, -0.25) is 14.7 Å². The van der Waals surface area contributed by atoms with Crippen molar-refractivity contribution >= 4 is 23.1 Å². The van der Waals surface area contributed by atoms with Crippen molar-refractivity contribution in [2.24, 2.45) is 0 Å². The molecule has 1 atom stereocenters. The smallest absolute Gasteiger partial charge is 0.295 e. The summed E-state index contributed by atoms with van der Waals surface area (Å²) in [5.74, 6) is 0.616. The van der Waals surface area contributed by atoms with Crippen molar-refractivity contribution in [2.45, 2.75) is 25.0 Å². The van der Waals surface area contributed by atoms with Crippen LogP contribution in [0.4, 0.5) is 5.82 Å². The van der Waals surface area contributed by atoms with Gasteiger partial charge in [-0.15, -0.1) is 11.3 Å². The van der Waals surface area contributed by atoms with Gasteiger partial charge in [0.15, 0.2) is 11.6 Å². The zero-order valence-corrected chi connectivity index (χ0v) is 16.2. The van der Waals surface area contributed by atoms with Crippen LogP contribution >= 0.6 is 11.3 Å². The Morgan fingerprint density at radius 2 is 2.18 bits per heavy atom. The summed E-state index contributed by atoms with van der Waals surface area (Å²) in [4.78, 5) is 26.4. The average molecular weight is 398 g/mol. The van der Waals surface area contributed by atoms with Crippen LogP contribution in [-0.4, -0.2) is 51.6 Å². The fourth-order valence-corrected chi connectivity index (χ4v) is 4.27. The molecule has 0 bridgehead atoms. The van der Waals surface area contributed by atoms with Crippen LogP contribution in [-0.2, 0) is 0 Å². The van der Waals surface area contributed by atoms with E-state index in [2.05, 4.69) is 14.9 Å². The van der Waals surface area contributed by atoms with Gasteiger partial charge >= 0.3 is 0 Å². The number of piperidine rings is 1. The third-order valence-electron chi connectivity index (χ3n) is 4.97. The predicted molar refractivity (Wildman–Crippen MR) is 106 cm³/mol. The molecule has 3 aromatic heterocycles. The lowest BCUT2D eigenvalue weighted by atomic mass is 10.0. The monoisotopic (exact) mass is 398 g/mol. The quantitative estimate of drug-likeness (QED) is 0.687. The van der Waals surface area contributed by atoms with E-state index in [9.17, 15) is 9.90 Å². The minimum atomic E-state index is -0.475. The van der Waals surface area contributed by atoms with Crippen LogP contribution in [0.25, 0.3) is 0 Å². The number of β-amino-alcohol motifs (C(OH)–C–C–N with tert-alkyl or cyclic N) is 1. The Morgan fingerprint density at radius 1 is 1.32 bits per heavy atom. The largest absolute Gasteiger partial charge is 0.459 e. The zero-order chi connectivity index (χ0) is 19.3. The molecule has 146 valence electrons. The van der Waals surface area contributed by atoms with Gasteiger partial charge in [0.2, 0.25) is 0 Å². The lowest BCUT2D eigenvalue weighted by Gasteiger charge is -2.38. The number of amides is 1. The second kappa shape index (κ2) is 8.64. The average Bonchev–Trinajstić information content (AvgIpc) is 3.44. The molecule has 1 aliphatic heterocycles. The molecule has 0 saturated carbocycles. The number of likely N-dealkylation sites (tertiary alicyclic amines) is 1. The minimum Gasteiger partial charge on any atom is -0.459 e. The lowest BCUT2D eigenvalue weighted by molar-refractivity contribution is 0.0873. The van der Waals surface area contributed by atoms with Gasteiger partial charge in [-0.25, -0.2) is 4.98 Å². The lowest BCUT2D eigenvalue weighted by Crippen LogP contribution is -2.48. The highest BCUT2D eigenvalue weighted by molar-refractivity contribution is 7.10. The second-order valence-electron chi connectivity index (χ2n) is 6.78. The number of hydrogen-bond donors (Lipinski definition) is 1. The van der Waals surface area contributed by atoms with Crippen LogP contribution in [0.15, 0.2) is 58.9 Å². The predicted octanol–water partition coefficient (Wildman–Crippen LogP) is 2.98. The molecule has 1 N–H and O–H groups in total. The molecule has 4 heterocycles. The molecule has 1 amide bonds. The first-order chi connectivity index (χ1) is 13.7. The van der Waals surface area contributed by atoms with Crippen molar-refractivity contribution in [3.63, 3.8) is 0 Å².